The summed E-state index contributed by atoms with van der Waals surface area (Å²) >= 11 is 0. The number of aromatic nitrogens is 1. The van der Waals surface area contributed by atoms with Crippen LogP contribution in [0.25, 0.3) is 0 Å². The molecule has 3 N–H and O–H groups in total. The van der Waals surface area contributed by atoms with E-state index >= 15 is 0 Å². The van der Waals surface area contributed by atoms with Crippen molar-refractivity contribution < 1.29 is 62.2 Å². The van der Waals surface area contributed by atoms with Gasteiger partial charge < -0.3 is 24.9 Å². The van der Waals surface area contributed by atoms with Gasteiger partial charge in [-0.15, -0.1) is 0 Å². The number of nitrogens with zero attached hydrogens (tertiary/aromatic N) is 1. The number of carbonyl (C=O) groups excluding carboxylic acids is 1. The van der Waals surface area contributed by atoms with Gasteiger partial charge in [-0.25, -0.2) is 5.09 Å². The fourth-order valence-corrected chi connectivity index (χ4v) is 3.84. The summed E-state index contributed by atoms with van der Waals surface area (Å²) in [5.74, 6) is -2.08. The van der Waals surface area contributed by atoms with E-state index in [1.54, 1.807) is 31.2 Å². The van der Waals surface area contributed by atoms with Crippen LogP contribution in [0.5, 0.6) is 0 Å². The van der Waals surface area contributed by atoms with Crippen molar-refractivity contribution >= 4 is 25.1 Å². The average Bonchev–Trinajstić information content (AvgIpc) is 3.03. The van der Waals surface area contributed by atoms with Gasteiger partial charge in [-0.3, -0.25) is 9.56 Å². The summed E-state index contributed by atoms with van der Waals surface area (Å²) in [6.07, 6.45) is 1.95. The van der Waals surface area contributed by atoms with E-state index in [2.05, 4.69) is 15.1 Å². The Morgan fingerprint density at radius 3 is 2.46 bits per heavy atom. The van der Waals surface area contributed by atoms with Gasteiger partial charge in [-0.1, -0.05) is 37.3 Å². The second kappa shape index (κ2) is 12.4. The number of hydrogen-bond donors (Lipinski definition) is 3. The van der Waals surface area contributed by atoms with E-state index in [4.69, 9.17) is 0 Å². The summed E-state index contributed by atoms with van der Waals surface area (Å²) < 4.78 is 12.2. The van der Waals surface area contributed by atoms with Gasteiger partial charge >= 0.3 is 37.7 Å². The topological polar surface area (TPSA) is 141 Å². The minimum absolute atomic E-state index is 0. The number of rotatable bonds is 9. The van der Waals surface area contributed by atoms with Crippen LogP contribution < -0.4 is 53.0 Å². The average molecular weight is 391 g/mol. The van der Waals surface area contributed by atoms with Crippen LogP contribution in [0.2, 0.25) is 0 Å². The van der Waals surface area contributed by atoms with Crippen molar-refractivity contribution in [1.29, 1.82) is 0 Å². The molecule has 0 radical (unpaired) electrons. The van der Waals surface area contributed by atoms with Crippen LogP contribution in [0.3, 0.4) is 0 Å². The summed E-state index contributed by atoms with van der Waals surface area (Å²) in [7, 11) is -3.70. The van der Waals surface area contributed by atoms with Crippen molar-refractivity contribution in [2.24, 2.45) is 4.99 Å². The van der Waals surface area contributed by atoms with Crippen LogP contribution in [0, 0.1) is 0 Å². The van der Waals surface area contributed by atoms with Crippen molar-refractivity contribution in [2.45, 2.75) is 25.8 Å². The summed E-state index contributed by atoms with van der Waals surface area (Å²) in [6, 6.07) is 9.18. The Balaban J connectivity index is 0.00000364. The molecule has 2 rings (SSSR count). The number of aromatic carboxylic acids is 1. The second-order valence-electron chi connectivity index (χ2n) is 5.81. The maximum atomic E-state index is 12.5. The van der Waals surface area contributed by atoms with Crippen LogP contribution in [-0.4, -0.2) is 33.9 Å². The SMILES string of the molecule is CCCP(=O)(O)N[C@@H](Cc1ccccc1)C([O-])=Nc1c[nH]c(C(=O)[O-])c1.[Li+].[Li+]. The molecular weight excluding hydrogens is 371 g/mol. The van der Waals surface area contributed by atoms with E-state index in [9.17, 15) is 24.5 Å². The third-order valence-electron chi connectivity index (χ3n) is 3.59. The predicted octanol–water partition coefficient (Wildman–Crippen LogP) is -5.43. The maximum absolute atomic E-state index is 12.5. The molecule has 8 nitrogen and oxygen atoms in total. The first-order valence-electron chi connectivity index (χ1n) is 8.09. The number of hydrogen-bond acceptors (Lipinski definition) is 5. The van der Waals surface area contributed by atoms with Gasteiger partial charge in [-0.05, 0) is 30.4 Å². The number of H-pyrrole nitrogens is 1. The Hall–Kier alpha value is -1.22. The van der Waals surface area contributed by atoms with Crippen LogP contribution in [-0.2, 0) is 11.0 Å². The maximum Gasteiger partial charge on any atom is 1.00 e. The van der Waals surface area contributed by atoms with Crippen molar-refractivity contribution in [3.05, 3.63) is 53.9 Å². The van der Waals surface area contributed by atoms with Gasteiger partial charge in [0, 0.05) is 18.4 Å². The molecule has 0 aliphatic heterocycles. The second-order valence-corrected chi connectivity index (χ2v) is 7.91. The zero-order valence-corrected chi connectivity index (χ0v) is 17.1. The smallest absolute Gasteiger partial charge is 0.861 e. The normalized spacial score (nSPS) is 14.3. The van der Waals surface area contributed by atoms with Gasteiger partial charge in [0.25, 0.3) is 7.52 Å². The zero-order valence-electron chi connectivity index (χ0n) is 16.2. The summed E-state index contributed by atoms with van der Waals surface area (Å²) in [5.41, 5.74) is 0.704. The van der Waals surface area contributed by atoms with Crippen LogP contribution >= 0.6 is 7.52 Å². The van der Waals surface area contributed by atoms with Crippen molar-refractivity contribution in [2.75, 3.05) is 6.16 Å². The van der Waals surface area contributed by atoms with Gasteiger partial charge in [0.05, 0.1) is 17.4 Å². The van der Waals surface area contributed by atoms with Crippen molar-refractivity contribution in [3.8, 4) is 0 Å². The Morgan fingerprint density at radius 2 is 1.93 bits per heavy atom. The van der Waals surface area contributed by atoms with Crippen LogP contribution in [0.1, 0.15) is 29.4 Å². The molecule has 2 atom stereocenters. The first kappa shape index (κ1) is 26.8. The standard InChI is InChI=1S/C17H22N3O5P.2Li/c1-2-8-26(24,25)20-14(9-12-6-4-3-5-7-12)16(21)19-13-10-15(17(22)23)18-11-13;;/h3-7,10-11,14,18H,2,8-9H2,1H3,(H,19,21)(H,22,23)(H2,20,24,25);;/q;2*+1/p-2/t14-;;/m0../s1. The fourth-order valence-electron chi connectivity index (χ4n) is 2.42. The molecular formula is C17H20Li2N3O5P. The van der Waals surface area contributed by atoms with E-state index in [-0.39, 0.29) is 61.7 Å². The summed E-state index contributed by atoms with van der Waals surface area (Å²) in [4.78, 5) is 27.1. The van der Waals surface area contributed by atoms with Gasteiger partial charge in [0.1, 0.15) is 0 Å². The summed E-state index contributed by atoms with van der Waals surface area (Å²) in [6.45, 7) is 1.77. The minimum Gasteiger partial charge on any atom is -0.861 e. The molecule has 0 saturated heterocycles. The Labute approximate surface area is 187 Å². The zero-order chi connectivity index (χ0) is 19.2. The Kier molecular flexibility index (Phi) is 11.8. The number of carboxylic acid groups (broad SMARTS) is 1. The third kappa shape index (κ3) is 8.43. The number of aromatic amines is 1. The number of benzene rings is 1. The molecule has 1 aromatic heterocycles. The number of carbonyl (C=O) groups is 1. The quantitative estimate of drug-likeness (QED) is 0.169. The van der Waals surface area contributed by atoms with E-state index in [0.29, 0.717) is 6.42 Å². The summed E-state index contributed by atoms with van der Waals surface area (Å²) in [5, 5.41) is 25.8. The molecule has 140 valence electrons. The number of nitrogens with one attached hydrogen (secondary N) is 2. The minimum atomic E-state index is -3.70. The molecule has 0 saturated carbocycles. The molecule has 0 amide bonds. The third-order valence-corrected chi connectivity index (χ3v) is 5.36. The molecule has 1 aromatic carbocycles. The van der Waals surface area contributed by atoms with Crippen molar-refractivity contribution in [1.82, 2.24) is 10.1 Å². The van der Waals surface area contributed by atoms with Crippen LogP contribution in [0.4, 0.5) is 5.69 Å². The van der Waals surface area contributed by atoms with Gasteiger partial charge in [0.15, 0.2) is 0 Å². The molecule has 1 unspecified atom stereocenters. The number of carboxylic acids is 1. The Bertz CT molecular complexity index is 829. The molecule has 11 heteroatoms. The van der Waals surface area contributed by atoms with Crippen LogP contribution in [0.15, 0.2) is 47.6 Å². The van der Waals surface area contributed by atoms with E-state index in [1.165, 1.54) is 6.20 Å². The van der Waals surface area contributed by atoms with Crippen molar-refractivity contribution in [3.63, 3.8) is 0 Å². The molecule has 0 aliphatic rings. The van der Waals surface area contributed by atoms with Gasteiger partial charge in [0.2, 0.25) is 0 Å². The molecule has 28 heavy (non-hydrogen) atoms. The molecule has 0 bridgehead atoms. The monoisotopic (exact) mass is 391 g/mol. The predicted molar refractivity (Wildman–Crippen MR) is 94.3 cm³/mol. The molecule has 1 heterocycles. The molecule has 2 aromatic rings. The van der Waals surface area contributed by atoms with Gasteiger partial charge in [-0.2, -0.15) is 0 Å². The van der Waals surface area contributed by atoms with E-state index in [1.807, 2.05) is 6.07 Å². The first-order chi connectivity index (χ1) is 12.3. The largest absolute Gasteiger partial charge is 1.00 e. The number of aliphatic imine (C=N–C) groups is 1. The molecule has 0 spiro atoms. The molecule has 0 fully saturated rings. The fraction of sp³-hybridized carbons (Fsp3) is 0.294. The molecule has 0 aliphatic carbocycles. The first-order valence-corrected chi connectivity index (χ1v) is 9.94. The van der Waals surface area contributed by atoms with E-state index in [0.717, 1.165) is 11.6 Å². The Morgan fingerprint density at radius 1 is 1.29 bits per heavy atom. The van der Waals surface area contributed by atoms with E-state index < -0.39 is 25.4 Å².